The Morgan fingerprint density at radius 2 is 2.14 bits per heavy atom. The Balaban J connectivity index is 2.09. The molecule has 22 heavy (non-hydrogen) atoms. The van der Waals surface area contributed by atoms with E-state index in [1.165, 1.54) is 0 Å². The molecule has 3 rings (SSSR count). The van der Waals surface area contributed by atoms with Gasteiger partial charge in [0.1, 0.15) is 0 Å². The van der Waals surface area contributed by atoms with Crippen molar-refractivity contribution < 1.29 is 9.53 Å². The first-order valence-corrected chi connectivity index (χ1v) is 7.26. The van der Waals surface area contributed by atoms with E-state index < -0.39 is 0 Å². The first-order valence-electron chi connectivity index (χ1n) is 7.26. The summed E-state index contributed by atoms with van der Waals surface area (Å²) in [6.45, 7) is 3.93. The Morgan fingerprint density at radius 1 is 1.36 bits per heavy atom. The van der Waals surface area contributed by atoms with Gasteiger partial charge in [0.25, 0.3) is 5.56 Å². The Hall–Kier alpha value is -2.63. The van der Waals surface area contributed by atoms with Crippen LogP contribution in [-0.2, 0) is 16.0 Å². The zero-order valence-corrected chi connectivity index (χ0v) is 12.5. The second kappa shape index (κ2) is 5.63. The molecule has 0 bridgehead atoms. The Labute approximate surface area is 126 Å². The highest BCUT2D eigenvalue weighted by Crippen LogP contribution is 2.15. The molecule has 0 saturated heterocycles. The van der Waals surface area contributed by atoms with Crippen molar-refractivity contribution in [2.45, 2.75) is 26.7 Å². The number of ether oxygens (including phenoxy) is 1. The van der Waals surface area contributed by atoms with Crippen LogP contribution in [0.25, 0.3) is 16.8 Å². The molecule has 0 aliphatic rings. The number of aromatic nitrogens is 3. The molecule has 0 atom stereocenters. The fraction of sp³-hybridized carbons (Fsp3) is 0.312. The Bertz CT molecular complexity index is 908. The zero-order valence-electron chi connectivity index (χ0n) is 12.5. The normalized spacial score (nSPS) is 11.2. The summed E-state index contributed by atoms with van der Waals surface area (Å²) in [6.07, 6.45) is 0.540. The molecular weight excluding hydrogens is 282 g/mol. The molecule has 3 aromatic rings. The van der Waals surface area contributed by atoms with Crippen LogP contribution in [0.2, 0.25) is 0 Å². The highest BCUT2D eigenvalue weighted by Gasteiger charge is 2.14. The maximum absolute atomic E-state index is 12.7. The molecule has 0 amide bonds. The number of benzene rings is 1. The van der Waals surface area contributed by atoms with Crippen molar-refractivity contribution in [3.05, 3.63) is 45.9 Å². The van der Waals surface area contributed by atoms with E-state index in [1.807, 2.05) is 31.2 Å². The number of nitrogens with one attached hydrogen (secondary N) is 1. The number of carbonyl (C=O) groups excluding carboxylic acids is 1. The molecule has 0 aliphatic carbocycles. The van der Waals surface area contributed by atoms with E-state index in [4.69, 9.17) is 4.74 Å². The van der Waals surface area contributed by atoms with Crippen molar-refractivity contribution in [1.82, 2.24) is 14.4 Å². The number of hydrogen-bond acceptors (Lipinski definition) is 4. The van der Waals surface area contributed by atoms with Crippen LogP contribution in [0.4, 0.5) is 0 Å². The van der Waals surface area contributed by atoms with Crippen LogP contribution < -0.4 is 5.56 Å². The van der Waals surface area contributed by atoms with Gasteiger partial charge in [-0.15, -0.1) is 0 Å². The van der Waals surface area contributed by atoms with Crippen LogP contribution in [0.3, 0.4) is 0 Å². The molecule has 6 nitrogen and oxygen atoms in total. The minimum absolute atomic E-state index is 0.135. The summed E-state index contributed by atoms with van der Waals surface area (Å²) in [7, 11) is 0. The van der Waals surface area contributed by atoms with Crippen LogP contribution in [0.1, 0.15) is 24.6 Å². The van der Waals surface area contributed by atoms with Crippen molar-refractivity contribution in [2.24, 2.45) is 0 Å². The predicted molar refractivity (Wildman–Crippen MR) is 83.0 cm³/mol. The third kappa shape index (κ3) is 2.36. The standard InChI is InChI=1S/C16H17N3O3/c1-3-22-14(20)9-8-11-10(2)17-16-18-12-6-4-5-7-13(12)19(16)15(11)21/h4-7H,3,8-9H2,1-2H3,(H,17,18). The summed E-state index contributed by atoms with van der Waals surface area (Å²) in [4.78, 5) is 31.8. The lowest BCUT2D eigenvalue weighted by Gasteiger charge is -2.06. The summed E-state index contributed by atoms with van der Waals surface area (Å²) in [6, 6.07) is 7.47. The van der Waals surface area contributed by atoms with E-state index in [0.29, 0.717) is 24.4 Å². The van der Waals surface area contributed by atoms with Crippen molar-refractivity contribution in [3.8, 4) is 0 Å². The lowest BCUT2D eigenvalue weighted by molar-refractivity contribution is -0.143. The van der Waals surface area contributed by atoms with Gasteiger partial charge in [0.15, 0.2) is 0 Å². The minimum Gasteiger partial charge on any atom is -0.466 e. The van der Waals surface area contributed by atoms with E-state index in [9.17, 15) is 9.59 Å². The fourth-order valence-electron chi connectivity index (χ4n) is 2.61. The lowest BCUT2D eigenvalue weighted by atomic mass is 10.1. The second-order valence-corrected chi connectivity index (χ2v) is 5.10. The number of hydrogen-bond donors (Lipinski definition) is 1. The molecule has 0 radical (unpaired) electrons. The molecule has 0 aliphatic heterocycles. The number of fused-ring (bicyclic) bond motifs is 3. The van der Waals surface area contributed by atoms with Crippen LogP contribution in [0.15, 0.2) is 29.1 Å². The maximum atomic E-state index is 12.7. The summed E-state index contributed by atoms with van der Waals surface area (Å²) >= 11 is 0. The zero-order chi connectivity index (χ0) is 15.7. The van der Waals surface area contributed by atoms with E-state index in [0.717, 1.165) is 16.7 Å². The quantitative estimate of drug-likeness (QED) is 0.747. The summed E-state index contributed by atoms with van der Waals surface area (Å²) < 4.78 is 6.47. The molecule has 0 fully saturated rings. The van der Waals surface area contributed by atoms with Gasteiger partial charge in [-0.05, 0) is 32.4 Å². The SMILES string of the molecule is CCOC(=O)CCc1c(C)[nH]c2nc3ccccc3n2c1=O. The van der Waals surface area contributed by atoms with E-state index in [-0.39, 0.29) is 17.9 Å². The first-order chi connectivity index (χ1) is 10.6. The number of aromatic amines is 1. The number of rotatable bonds is 4. The molecule has 2 aromatic heterocycles. The largest absolute Gasteiger partial charge is 0.466 e. The van der Waals surface area contributed by atoms with Crippen LogP contribution >= 0.6 is 0 Å². The van der Waals surface area contributed by atoms with E-state index in [2.05, 4.69) is 9.97 Å². The minimum atomic E-state index is -0.295. The first kappa shape index (κ1) is 14.3. The third-order valence-corrected chi connectivity index (χ3v) is 3.66. The van der Waals surface area contributed by atoms with Gasteiger partial charge < -0.3 is 9.72 Å². The van der Waals surface area contributed by atoms with Crippen molar-refractivity contribution >= 4 is 22.8 Å². The Kier molecular flexibility index (Phi) is 3.66. The van der Waals surface area contributed by atoms with Gasteiger partial charge in [0.05, 0.1) is 17.6 Å². The second-order valence-electron chi connectivity index (χ2n) is 5.10. The molecule has 2 heterocycles. The smallest absolute Gasteiger partial charge is 0.306 e. The molecule has 1 N–H and O–H groups in total. The van der Waals surface area contributed by atoms with Crippen molar-refractivity contribution in [3.63, 3.8) is 0 Å². The molecular formula is C16H17N3O3. The molecule has 1 aromatic carbocycles. The van der Waals surface area contributed by atoms with Gasteiger partial charge in [-0.25, -0.2) is 9.38 Å². The van der Waals surface area contributed by atoms with Gasteiger partial charge in [-0.3, -0.25) is 9.59 Å². The van der Waals surface area contributed by atoms with Crippen LogP contribution in [0.5, 0.6) is 0 Å². The average Bonchev–Trinajstić information content (AvgIpc) is 2.85. The third-order valence-electron chi connectivity index (χ3n) is 3.66. The van der Waals surface area contributed by atoms with Gasteiger partial charge >= 0.3 is 5.97 Å². The van der Waals surface area contributed by atoms with E-state index in [1.54, 1.807) is 11.3 Å². The van der Waals surface area contributed by atoms with E-state index >= 15 is 0 Å². The lowest BCUT2D eigenvalue weighted by Crippen LogP contribution is -2.22. The fourth-order valence-corrected chi connectivity index (χ4v) is 2.61. The number of para-hydroxylation sites is 2. The van der Waals surface area contributed by atoms with Gasteiger partial charge in [-0.2, -0.15) is 0 Å². The van der Waals surface area contributed by atoms with Gasteiger partial charge in [0, 0.05) is 17.7 Å². The molecule has 6 heteroatoms. The summed E-state index contributed by atoms with van der Waals surface area (Å²) in [5.41, 5.74) is 2.71. The highest BCUT2D eigenvalue weighted by atomic mass is 16.5. The van der Waals surface area contributed by atoms with Crippen LogP contribution in [0, 0.1) is 6.92 Å². The number of carbonyl (C=O) groups is 1. The molecule has 114 valence electrons. The van der Waals surface area contributed by atoms with Crippen molar-refractivity contribution in [2.75, 3.05) is 6.61 Å². The number of nitrogens with zero attached hydrogens (tertiary/aromatic N) is 2. The predicted octanol–water partition coefficient (Wildman–Crippen LogP) is 1.98. The number of esters is 1. The number of imidazole rings is 1. The molecule has 0 unspecified atom stereocenters. The topological polar surface area (TPSA) is 76.5 Å². The van der Waals surface area contributed by atoms with Gasteiger partial charge in [-0.1, -0.05) is 12.1 Å². The maximum Gasteiger partial charge on any atom is 0.306 e. The number of aryl methyl sites for hydroxylation is 1. The number of H-pyrrole nitrogens is 1. The average molecular weight is 299 g/mol. The highest BCUT2D eigenvalue weighted by molar-refractivity contribution is 5.79. The molecule has 0 saturated carbocycles. The van der Waals surface area contributed by atoms with Crippen molar-refractivity contribution in [1.29, 1.82) is 0 Å². The Morgan fingerprint density at radius 3 is 2.91 bits per heavy atom. The monoisotopic (exact) mass is 299 g/mol. The summed E-state index contributed by atoms with van der Waals surface area (Å²) in [5.74, 6) is 0.223. The molecule has 0 spiro atoms. The van der Waals surface area contributed by atoms with Crippen LogP contribution in [-0.4, -0.2) is 26.9 Å². The summed E-state index contributed by atoms with van der Waals surface area (Å²) in [5, 5.41) is 0. The van der Waals surface area contributed by atoms with Gasteiger partial charge in [0.2, 0.25) is 5.78 Å².